The van der Waals surface area contributed by atoms with Gasteiger partial charge in [0.1, 0.15) is 0 Å². The molecular formula is C28H20Ni. The third kappa shape index (κ3) is 3.75. The number of fused-ring (bicyclic) bond motifs is 6. The van der Waals surface area contributed by atoms with Crippen LogP contribution in [0.25, 0.3) is 43.1 Å². The average molecular weight is 415 g/mol. The van der Waals surface area contributed by atoms with Gasteiger partial charge in [-0.05, 0) is 43.1 Å². The molecule has 29 heavy (non-hydrogen) atoms. The summed E-state index contributed by atoms with van der Waals surface area (Å²) in [6.45, 7) is 0. The molecule has 0 atom stereocenters. The zero-order valence-corrected chi connectivity index (χ0v) is 16.9. The molecule has 6 rings (SSSR count). The fourth-order valence-corrected chi connectivity index (χ4v) is 3.91. The maximum atomic E-state index is 2.18. The summed E-state index contributed by atoms with van der Waals surface area (Å²) in [5, 5.41) is 10.6. The Labute approximate surface area is 180 Å². The normalized spacial score (nSPS) is 10.5. The molecule has 6 aromatic rings. The maximum Gasteiger partial charge on any atom is 0 e. The average Bonchev–Trinajstić information content (AvgIpc) is 2.79. The van der Waals surface area contributed by atoms with Gasteiger partial charge in [-0.3, -0.25) is 0 Å². The first kappa shape index (κ1) is 19.2. The Kier molecular flexibility index (Phi) is 5.60. The van der Waals surface area contributed by atoms with Crippen LogP contribution in [-0.4, -0.2) is 0 Å². The molecule has 0 unspecified atom stereocenters. The van der Waals surface area contributed by atoms with Crippen LogP contribution in [-0.2, 0) is 16.5 Å². The second-order valence-electron chi connectivity index (χ2n) is 7.02. The first-order valence-corrected chi connectivity index (χ1v) is 9.63. The van der Waals surface area contributed by atoms with Gasteiger partial charge < -0.3 is 0 Å². The molecule has 142 valence electrons. The maximum absolute atomic E-state index is 2.18. The van der Waals surface area contributed by atoms with E-state index in [9.17, 15) is 0 Å². The minimum atomic E-state index is 0. The Morgan fingerprint density at radius 2 is 0.448 bits per heavy atom. The molecule has 0 saturated heterocycles. The van der Waals surface area contributed by atoms with Crippen LogP contribution in [0.3, 0.4) is 0 Å². The van der Waals surface area contributed by atoms with E-state index >= 15 is 0 Å². The fraction of sp³-hybridized carbons (Fsp3) is 0. The Morgan fingerprint density at radius 3 is 0.690 bits per heavy atom. The first-order valence-electron chi connectivity index (χ1n) is 9.63. The van der Waals surface area contributed by atoms with E-state index in [1.54, 1.807) is 0 Å². The summed E-state index contributed by atoms with van der Waals surface area (Å²) in [7, 11) is 0. The van der Waals surface area contributed by atoms with Gasteiger partial charge in [0.25, 0.3) is 0 Å². The molecule has 0 fully saturated rings. The zero-order valence-electron chi connectivity index (χ0n) is 15.9. The number of benzene rings is 6. The van der Waals surface area contributed by atoms with Crippen molar-refractivity contribution >= 4 is 43.1 Å². The molecule has 0 saturated carbocycles. The third-order valence-electron chi connectivity index (χ3n) is 5.31. The smallest absolute Gasteiger partial charge is 0 e. The molecule has 0 spiro atoms. The van der Waals surface area contributed by atoms with Crippen LogP contribution >= 0.6 is 0 Å². The first-order chi connectivity index (χ1) is 13.9. The number of hydrogen-bond donors (Lipinski definition) is 0. The summed E-state index contributed by atoms with van der Waals surface area (Å²) < 4.78 is 0. The van der Waals surface area contributed by atoms with Gasteiger partial charge >= 0.3 is 0 Å². The molecular weight excluding hydrogens is 395 g/mol. The van der Waals surface area contributed by atoms with Crippen molar-refractivity contribution in [2.75, 3.05) is 0 Å². The molecule has 0 aromatic heterocycles. The summed E-state index contributed by atoms with van der Waals surface area (Å²) in [5.41, 5.74) is 0. The van der Waals surface area contributed by atoms with Gasteiger partial charge in [0.05, 0.1) is 0 Å². The van der Waals surface area contributed by atoms with Gasteiger partial charge in [0, 0.05) is 16.5 Å². The van der Waals surface area contributed by atoms with Crippen LogP contribution in [0, 0.1) is 0 Å². The molecule has 0 amide bonds. The van der Waals surface area contributed by atoms with E-state index in [4.69, 9.17) is 0 Å². The standard InChI is InChI=1S/2C14H10.Ni/c2*1-3-7-13-11(5-1)9-10-12-6-2-4-8-14(12)13;/h2*1-10H;. The largest absolute Gasteiger partial charge is 0.0616 e. The van der Waals surface area contributed by atoms with Gasteiger partial charge in [0.2, 0.25) is 0 Å². The zero-order chi connectivity index (χ0) is 18.8. The molecule has 0 heterocycles. The molecule has 0 aliphatic carbocycles. The second kappa shape index (κ2) is 8.47. The SMILES string of the molecule is [Ni].c1ccc2c(c1)ccc1ccccc12.c1ccc2c(c1)ccc1ccccc12. The predicted molar refractivity (Wildman–Crippen MR) is 123 cm³/mol. The molecule has 0 nitrogen and oxygen atoms in total. The summed E-state index contributed by atoms with van der Waals surface area (Å²) in [5.74, 6) is 0. The van der Waals surface area contributed by atoms with E-state index in [0.29, 0.717) is 0 Å². The topological polar surface area (TPSA) is 0 Å². The molecule has 1 heteroatoms. The monoisotopic (exact) mass is 414 g/mol. The molecule has 0 N–H and O–H groups in total. The molecule has 0 radical (unpaired) electrons. The Hall–Kier alpha value is -3.15. The summed E-state index contributed by atoms with van der Waals surface area (Å²) >= 11 is 0. The van der Waals surface area contributed by atoms with Crippen LogP contribution in [0.2, 0.25) is 0 Å². The molecule has 6 aromatic carbocycles. The van der Waals surface area contributed by atoms with E-state index in [1.807, 2.05) is 0 Å². The van der Waals surface area contributed by atoms with Crippen molar-refractivity contribution in [3.8, 4) is 0 Å². The van der Waals surface area contributed by atoms with Crippen LogP contribution in [0.1, 0.15) is 0 Å². The number of rotatable bonds is 0. The predicted octanol–water partition coefficient (Wildman–Crippen LogP) is 7.98. The van der Waals surface area contributed by atoms with E-state index in [0.717, 1.165) is 0 Å². The molecule has 0 bridgehead atoms. The van der Waals surface area contributed by atoms with Gasteiger partial charge in [-0.1, -0.05) is 121 Å². The fourth-order valence-electron chi connectivity index (χ4n) is 3.91. The van der Waals surface area contributed by atoms with E-state index < -0.39 is 0 Å². The Morgan fingerprint density at radius 1 is 0.241 bits per heavy atom. The van der Waals surface area contributed by atoms with Crippen molar-refractivity contribution in [1.29, 1.82) is 0 Å². The van der Waals surface area contributed by atoms with Gasteiger partial charge in [0.15, 0.2) is 0 Å². The minimum absolute atomic E-state index is 0. The van der Waals surface area contributed by atoms with Gasteiger partial charge in [-0.15, -0.1) is 0 Å². The van der Waals surface area contributed by atoms with Crippen LogP contribution in [0.4, 0.5) is 0 Å². The summed E-state index contributed by atoms with van der Waals surface area (Å²) in [4.78, 5) is 0. The van der Waals surface area contributed by atoms with Crippen molar-refractivity contribution < 1.29 is 16.5 Å². The van der Waals surface area contributed by atoms with Crippen molar-refractivity contribution in [1.82, 2.24) is 0 Å². The van der Waals surface area contributed by atoms with E-state index in [1.165, 1.54) is 43.1 Å². The van der Waals surface area contributed by atoms with Crippen molar-refractivity contribution in [3.05, 3.63) is 121 Å². The van der Waals surface area contributed by atoms with Gasteiger partial charge in [-0.2, -0.15) is 0 Å². The minimum Gasteiger partial charge on any atom is -0.0616 e. The molecule has 0 aliphatic rings. The van der Waals surface area contributed by atoms with Crippen molar-refractivity contribution in [2.45, 2.75) is 0 Å². The molecule has 0 aliphatic heterocycles. The van der Waals surface area contributed by atoms with Crippen LogP contribution in [0.5, 0.6) is 0 Å². The van der Waals surface area contributed by atoms with Crippen LogP contribution in [0.15, 0.2) is 121 Å². The van der Waals surface area contributed by atoms with Crippen LogP contribution < -0.4 is 0 Å². The van der Waals surface area contributed by atoms with Crippen molar-refractivity contribution in [2.24, 2.45) is 0 Å². The quantitative estimate of drug-likeness (QED) is 0.174. The van der Waals surface area contributed by atoms with Gasteiger partial charge in [-0.25, -0.2) is 0 Å². The second-order valence-corrected chi connectivity index (χ2v) is 7.02. The van der Waals surface area contributed by atoms with E-state index in [-0.39, 0.29) is 16.5 Å². The van der Waals surface area contributed by atoms with E-state index in [2.05, 4.69) is 121 Å². The number of hydrogen-bond acceptors (Lipinski definition) is 0. The third-order valence-corrected chi connectivity index (χ3v) is 5.31. The Bertz CT molecular complexity index is 1200. The summed E-state index contributed by atoms with van der Waals surface area (Å²) in [6.07, 6.45) is 0. The van der Waals surface area contributed by atoms with Crippen molar-refractivity contribution in [3.63, 3.8) is 0 Å². The Balaban J connectivity index is 0.000000137. The summed E-state index contributed by atoms with van der Waals surface area (Å²) in [6, 6.07) is 42.7.